The smallest absolute Gasteiger partial charge is 0.258 e. The predicted octanol–water partition coefficient (Wildman–Crippen LogP) is 3.22. The van der Waals surface area contributed by atoms with Crippen molar-refractivity contribution >= 4 is 17.5 Å². The van der Waals surface area contributed by atoms with Crippen LogP contribution >= 0.6 is 0 Å². The van der Waals surface area contributed by atoms with Crippen molar-refractivity contribution in [3.05, 3.63) is 65.5 Å². The number of halogens is 1. The summed E-state index contributed by atoms with van der Waals surface area (Å²) in [5.41, 5.74) is 0.848. The number of amides is 2. The van der Waals surface area contributed by atoms with E-state index in [1.807, 2.05) is 6.92 Å². The second-order valence-corrected chi connectivity index (χ2v) is 4.77. The molecule has 4 nitrogen and oxygen atoms in total. The summed E-state index contributed by atoms with van der Waals surface area (Å²) in [6.07, 6.45) is 0.843. The van der Waals surface area contributed by atoms with Gasteiger partial charge in [-0.25, -0.2) is 4.39 Å². The molecule has 0 radical (unpaired) electrons. The zero-order chi connectivity index (χ0) is 15.9. The molecular weight excluding hydrogens is 283 g/mol. The number of hydrogen-bond acceptors (Lipinski definition) is 2. The number of benzene rings is 2. The largest absolute Gasteiger partial charge is 0.352 e. The van der Waals surface area contributed by atoms with Gasteiger partial charge in [-0.2, -0.15) is 0 Å². The van der Waals surface area contributed by atoms with Crippen LogP contribution in [0.2, 0.25) is 0 Å². The van der Waals surface area contributed by atoms with Crippen LogP contribution in [-0.4, -0.2) is 18.4 Å². The van der Waals surface area contributed by atoms with Gasteiger partial charge in [-0.15, -0.1) is 0 Å². The van der Waals surface area contributed by atoms with Gasteiger partial charge in [0.1, 0.15) is 5.82 Å². The van der Waals surface area contributed by atoms with Crippen molar-refractivity contribution in [2.45, 2.75) is 13.3 Å². The monoisotopic (exact) mass is 300 g/mol. The lowest BCUT2D eigenvalue weighted by molar-refractivity contribution is 0.0952. The lowest BCUT2D eigenvalue weighted by atomic mass is 10.1. The average Bonchev–Trinajstić information content (AvgIpc) is 2.53. The maximum atomic E-state index is 13.6. The van der Waals surface area contributed by atoms with Crippen LogP contribution in [0.5, 0.6) is 0 Å². The minimum Gasteiger partial charge on any atom is -0.352 e. The van der Waals surface area contributed by atoms with E-state index >= 15 is 0 Å². The molecule has 0 aliphatic rings. The number of rotatable bonds is 5. The minimum absolute atomic E-state index is 0.0386. The summed E-state index contributed by atoms with van der Waals surface area (Å²) in [6.45, 7) is 2.55. The zero-order valence-electron chi connectivity index (χ0n) is 12.2. The van der Waals surface area contributed by atoms with Gasteiger partial charge in [-0.1, -0.05) is 25.1 Å². The molecule has 2 aromatic carbocycles. The molecule has 0 aliphatic carbocycles. The first kappa shape index (κ1) is 15.7. The molecule has 22 heavy (non-hydrogen) atoms. The lowest BCUT2D eigenvalue weighted by Crippen LogP contribution is -2.24. The fourth-order valence-electron chi connectivity index (χ4n) is 1.92. The van der Waals surface area contributed by atoms with E-state index in [0.29, 0.717) is 17.8 Å². The highest BCUT2D eigenvalue weighted by Crippen LogP contribution is 2.14. The first-order valence-electron chi connectivity index (χ1n) is 7.06. The number of carbonyl (C=O) groups excluding carboxylic acids is 2. The molecule has 2 N–H and O–H groups in total. The van der Waals surface area contributed by atoms with Gasteiger partial charge < -0.3 is 10.6 Å². The zero-order valence-corrected chi connectivity index (χ0v) is 12.2. The van der Waals surface area contributed by atoms with Crippen molar-refractivity contribution in [1.29, 1.82) is 0 Å². The van der Waals surface area contributed by atoms with Crippen LogP contribution in [0.1, 0.15) is 34.1 Å². The fraction of sp³-hybridized carbons (Fsp3) is 0.176. The molecule has 0 heterocycles. The molecule has 0 aliphatic heterocycles. The van der Waals surface area contributed by atoms with E-state index in [2.05, 4.69) is 10.6 Å². The third-order valence-electron chi connectivity index (χ3n) is 3.04. The van der Waals surface area contributed by atoms with Crippen molar-refractivity contribution in [2.75, 3.05) is 11.9 Å². The number of hydrogen-bond donors (Lipinski definition) is 2. The van der Waals surface area contributed by atoms with Crippen molar-refractivity contribution in [3.8, 4) is 0 Å². The number of anilines is 1. The van der Waals surface area contributed by atoms with E-state index in [9.17, 15) is 14.0 Å². The van der Waals surface area contributed by atoms with Crippen molar-refractivity contribution < 1.29 is 14.0 Å². The summed E-state index contributed by atoms with van der Waals surface area (Å²) in [7, 11) is 0. The molecule has 0 saturated heterocycles. The Hall–Kier alpha value is -2.69. The Morgan fingerprint density at radius 1 is 1.05 bits per heavy atom. The summed E-state index contributed by atoms with van der Waals surface area (Å²) in [5.74, 6) is -1.34. The molecule has 114 valence electrons. The van der Waals surface area contributed by atoms with Crippen LogP contribution in [0.4, 0.5) is 10.1 Å². The maximum absolute atomic E-state index is 13.6. The summed E-state index contributed by atoms with van der Waals surface area (Å²) >= 11 is 0. The van der Waals surface area contributed by atoms with Gasteiger partial charge in [0.05, 0.1) is 5.56 Å². The molecular formula is C17H17FN2O2. The van der Waals surface area contributed by atoms with Crippen LogP contribution in [-0.2, 0) is 0 Å². The van der Waals surface area contributed by atoms with Crippen LogP contribution in [0.3, 0.4) is 0 Å². The third-order valence-corrected chi connectivity index (χ3v) is 3.04. The van der Waals surface area contributed by atoms with Gasteiger partial charge >= 0.3 is 0 Å². The topological polar surface area (TPSA) is 58.2 Å². The second-order valence-electron chi connectivity index (χ2n) is 4.77. The molecule has 0 atom stereocenters. The molecule has 2 rings (SSSR count). The molecule has 0 unspecified atom stereocenters. The van der Waals surface area contributed by atoms with Gasteiger partial charge in [-0.05, 0) is 36.8 Å². The van der Waals surface area contributed by atoms with Gasteiger partial charge in [0, 0.05) is 17.8 Å². The van der Waals surface area contributed by atoms with Crippen LogP contribution < -0.4 is 10.6 Å². The molecule has 0 saturated carbocycles. The van der Waals surface area contributed by atoms with E-state index in [1.54, 1.807) is 30.3 Å². The molecule has 0 bridgehead atoms. The minimum atomic E-state index is -0.586. The molecule has 5 heteroatoms. The van der Waals surface area contributed by atoms with Crippen molar-refractivity contribution in [2.24, 2.45) is 0 Å². The highest BCUT2D eigenvalue weighted by atomic mass is 19.1. The summed E-state index contributed by atoms with van der Waals surface area (Å²) in [6, 6.07) is 12.3. The summed E-state index contributed by atoms with van der Waals surface area (Å²) in [5, 5.41) is 5.35. The fourth-order valence-corrected chi connectivity index (χ4v) is 1.92. The quantitative estimate of drug-likeness (QED) is 0.890. The standard InChI is InChI=1S/C17H17FN2O2/c1-2-10-19-16(21)12-6-5-7-13(11-12)20-17(22)14-8-3-4-9-15(14)18/h3-9,11H,2,10H2,1H3,(H,19,21)(H,20,22). The van der Waals surface area contributed by atoms with Crippen molar-refractivity contribution in [1.82, 2.24) is 5.32 Å². The Bertz CT molecular complexity index is 686. The summed E-state index contributed by atoms with van der Waals surface area (Å²) < 4.78 is 13.6. The Morgan fingerprint density at radius 2 is 1.82 bits per heavy atom. The van der Waals surface area contributed by atoms with E-state index in [4.69, 9.17) is 0 Å². The van der Waals surface area contributed by atoms with Gasteiger partial charge in [0.15, 0.2) is 0 Å². The first-order chi connectivity index (χ1) is 10.6. The number of carbonyl (C=O) groups is 2. The normalized spacial score (nSPS) is 10.1. The molecule has 0 fully saturated rings. The SMILES string of the molecule is CCCNC(=O)c1cccc(NC(=O)c2ccccc2F)c1. The van der Waals surface area contributed by atoms with Crippen LogP contribution in [0.25, 0.3) is 0 Å². The predicted molar refractivity (Wildman–Crippen MR) is 83.4 cm³/mol. The first-order valence-corrected chi connectivity index (χ1v) is 7.06. The molecule has 0 spiro atoms. The number of nitrogens with one attached hydrogen (secondary N) is 2. The summed E-state index contributed by atoms with van der Waals surface area (Å²) in [4.78, 5) is 23.9. The highest BCUT2D eigenvalue weighted by molar-refractivity contribution is 6.05. The lowest BCUT2D eigenvalue weighted by Gasteiger charge is -2.08. The average molecular weight is 300 g/mol. The van der Waals surface area contributed by atoms with E-state index in [1.165, 1.54) is 18.2 Å². The van der Waals surface area contributed by atoms with E-state index in [-0.39, 0.29) is 11.5 Å². The van der Waals surface area contributed by atoms with E-state index in [0.717, 1.165) is 6.42 Å². The third kappa shape index (κ3) is 3.91. The maximum Gasteiger partial charge on any atom is 0.258 e. The molecule has 2 amide bonds. The van der Waals surface area contributed by atoms with Crippen LogP contribution in [0.15, 0.2) is 48.5 Å². The van der Waals surface area contributed by atoms with Gasteiger partial charge in [-0.3, -0.25) is 9.59 Å². The molecule has 0 aromatic heterocycles. The van der Waals surface area contributed by atoms with Crippen molar-refractivity contribution in [3.63, 3.8) is 0 Å². The Balaban J connectivity index is 2.12. The Kier molecular flexibility index (Phi) is 5.25. The van der Waals surface area contributed by atoms with E-state index < -0.39 is 11.7 Å². The Labute approximate surface area is 128 Å². The van der Waals surface area contributed by atoms with Gasteiger partial charge in [0.2, 0.25) is 0 Å². The molecule has 2 aromatic rings. The second kappa shape index (κ2) is 7.36. The highest BCUT2D eigenvalue weighted by Gasteiger charge is 2.12. The van der Waals surface area contributed by atoms with Crippen LogP contribution in [0, 0.1) is 5.82 Å². The van der Waals surface area contributed by atoms with Gasteiger partial charge in [0.25, 0.3) is 11.8 Å². The Morgan fingerprint density at radius 3 is 2.55 bits per heavy atom.